The summed E-state index contributed by atoms with van der Waals surface area (Å²) in [5, 5.41) is 2.01. The normalized spacial score (nSPS) is 11.3. The molecule has 1 heterocycles. The Hall–Kier alpha value is -2.21. The maximum absolute atomic E-state index is 6.48. The van der Waals surface area contributed by atoms with Gasteiger partial charge in [0.05, 0.1) is 20.3 Å². The van der Waals surface area contributed by atoms with Crippen molar-refractivity contribution in [1.29, 1.82) is 0 Å². The van der Waals surface area contributed by atoms with E-state index in [4.69, 9.17) is 19.9 Å². The lowest BCUT2D eigenvalue weighted by Crippen LogP contribution is -2.13. The summed E-state index contributed by atoms with van der Waals surface area (Å²) in [4.78, 5) is 1.07. The van der Waals surface area contributed by atoms with E-state index in [1.165, 1.54) is 0 Å². The molecule has 1 aromatic heterocycles. The summed E-state index contributed by atoms with van der Waals surface area (Å²) in [6.45, 7) is 0.459. The largest absolute Gasteiger partial charge is 0.493 e. The van der Waals surface area contributed by atoms with Crippen molar-refractivity contribution in [2.24, 2.45) is 5.73 Å². The molecule has 138 valence electrons. The summed E-state index contributed by atoms with van der Waals surface area (Å²) in [6.07, 6.45) is 0. The van der Waals surface area contributed by atoms with E-state index in [1.807, 2.05) is 60.0 Å². The molecule has 26 heavy (non-hydrogen) atoms. The molecule has 2 N–H and O–H groups in total. The van der Waals surface area contributed by atoms with Gasteiger partial charge in [0.15, 0.2) is 11.5 Å². The maximum Gasteiger partial charge on any atom is 0.164 e. The van der Waals surface area contributed by atoms with Crippen molar-refractivity contribution in [1.82, 2.24) is 0 Å². The predicted molar refractivity (Wildman–Crippen MR) is 108 cm³/mol. The highest BCUT2D eigenvalue weighted by molar-refractivity contribution is 7.10. The molecule has 0 unspecified atom stereocenters. The molecule has 0 bridgehead atoms. The van der Waals surface area contributed by atoms with E-state index in [1.54, 1.807) is 25.6 Å². The van der Waals surface area contributed by atoms with Crippen molar-refractivity contribution >= 4 is 23.7 Å². The fraction of sp³-hybridized carbons (Fsp3) is 0.200. The van der Waals surface area contributed by atoms with Gasteiger partial charge >= 0.3 is 0 Å². The van der Waals surface area contributed by atoms with Crippen molar-refractivity contribution in [2.75, 3.05) is 14.2 Å². The van der Waals surface area contributed by atoms with Gasteiger partial charge in [-0.15, -0.1) is 23.7 Å². The molecule has 0 radical (unpaired) electrons. The molecule has 4 nitrogen and oxygen atoms in total. The van der Waals surface area contributed by atoms with E-state index in [0.717, 1.165) is 16.0 Å². The lowest BCUT2D eigenvalue weighted by Gasteiger charge is -2.19. The van der Waals surface area contributed by atoms with Crippen LogP contribution in [0, 0.1) is 0 Å². The number of rotatable bonds is 7. The monoisotopic (exact) mass is 391 g/mol. The third kappa shape index (κ3) is 4.49. The summed E-state index contributed by atoms with van der Waals surface area (Å²) in [6, 6.07) is 17.5. The Kier molecular flexibility index (Phi) is 7.33. The Morgan fingerprint density at radius 1 is 0.923 bits per heavy atom. The first-order valence-corrected chi connectivity index (χ1v) is 8.82. The molecule has 0 aliphatic rings. The fourth-order valence-corrected chi connectivity index (χ4v) is 3.35. The van der Waals surface area contributed by atoms with Gasteiger partial charge in [-0.25, -0.2) is 0 Å². The predicted octanol–water partition coefficient (Wildman–Crippen LogP) is 4.81. The number of ether oxygens (including phenoxy) is 3. The van der Waals surface area contributed by atoms with Gasteiger partial charge in [-0.1, -0.05) is 36.4 Å². The van der Waals surface area contributed by atoms with Gasteiger partial charge in [0.1, 0.15) is 12.4 Å². The van der Waals surface area contributed by atoms with Gasteiger partial charge in [-0.05, 0) is 23.1 Å². The molecule has 0 amide bonds. The average Bonchev–Trinajstić information content (AvgIpc) is 3.20. The number of nitrogens with two attached hydrogens (primary N) is 1. The molecule has 0 aliphatic heterocycles. The Balaban J connectivity index is 0.00000243. The van der Waals surface area contributed by atoms with Crippen LogP contribution < -0.4 is 19.9 Å². The van der Waals surface area contributed by atoms with Crippen LogP contribution >= 0.6 is 23.7 Å². The van der Waals surface area contributed by atoms with E-state index in [0.29, 0.717) is 23.9 Å². The minimum Gasteiger partial charge on any atom is -0.493 e. The summed E-state index contributed by atoms with van der Waals surface area (Å²) in [5.74, 6) is 1.95. The van der Waals surface area contributed by atoms with Crippen molar-refractivity contribution < 1.29 is 14.2 Å². The molecule has 0 spiro atoms. The third-order valence-electron chi connectivity index (χ3n) is 3.94. The van der Waals surface area contributed by atoms with Crippen molar-refractivity contribution in [3.8, 4) is 17.2 Å². The fourth-order valence-electron chi connectivity index (χ4n) is 2.60. The zero-order valence-corrected chi connectivity index (χ0v) is 16.3. The second kappa shape index (κ2) is 9.48. The minimum atomic E-state index is -0.287. The first-order chi connectivity index (χ1) is 12.2. The van der Waals surface area contributed by atoms with Crippen molar-refractivity contribution in [3.63, 3.8) is 0 Å². The second-order valence-corrected chi connectivity index (χ2v) is 6.49. The summed E-state index contributed by atoms with van der Waals surface area (Å²) in [5.41, 5.74) is 8.44. The minimum absolute atomic E-state index is 0. The van der Waals surface area contributed by atoms with Gasteiger partial charge < -0.3 is 19.9 Å². The van der Waals surface area contributed by atoms with Crippen LogP contribution in [0.2, 0.25) is 0 Å². The molecule has 6 heteroatoms. The quantitative estimate of drug-likeness (QED) is 0.627. The molecule has 0 saturated carbocycles. The zero-order valence-electron chi connectivity index (χ0n) is 14.7. The molecule has 3 aromatic rings. The molecule has 1 atom stereocenters. The summed E-state index contributed by atoms with van der Waals surface area (Å²) < 4.78 is 16.9. The van der Waals surface area contributed by atoms with E-state index in [9.17, 15) is 0 Å². The van der Waals surface area contributed by atoms with Crippen LogP contribution in [0.4, 0.5) is 0 Å². The molecular formula is C20H22ClNO3S. The number of methoxy groups -OCH3 is 2. The molecule has 2 aromatic carbocycles. The summed E-state index contributed by atoms with van der Waals surface area (Å²) in [7, 11) is 3.22. The Morgan fingerprint density at radius 3 is 2.23 bits per heavy atom. The first kappa shape index (κ1) is 20.1. The Morgan fingerprint density at radius 2 is 1.62 bits per heavy atom. The second-order valence-electron chi connectivity index (χ2n) is 5.51. The molecular weight excluding hydrogens is 370 g/mol. The number of benzene rings is 2. The Labute approximate surface area is 163 Å². The lowest BCUT2D eigenvalue weighted by molar-refractivity contribution is 0.296. The van der Waals surface area contributed by atoms with Gasteiger partial charge in [0.2, 0.25) is 0 Å². The SMILES string of the molecule is COc1cc(OCc2ccccc2)c([C@H](N)c2cccs2)cc1OC.Cl. The van der Waals surface area contributed by atoms with Gasteiger partial charge in [0.25, 0.3) is 0 Å². The molecule has 0 aliphatic carbocycles. The highest BCUT2D eigenvalue weighted by atomic mass is 35.5. The smallest absolute Gasteiger partial charge is 0.164 e. The first-order valence-electron chi connectivity index (χ1n) is 7.94. The number of thiophene rings is 1. The number of halogens is 1. The highest BCUT2D eigenvalue weighted by Crippen LogP contribution is 2.39. The third-order valence-corrected chi connectivity index (χ3v) is 4.89. The van der Waals surface area contributed by atoms with Gasteiger partial charge in [-0.3, -0.25) is 0 Å². The van der Waals surface area contributed by atoms with E-state index >= 15 is 0 Å². The topological polar surface area (TPSA) is 53.7 Å². The summed E-state index contributed by atoms with van der Waals surface area (Å²) >= 11 is 1.62. The number of hydrogen-bond donors (Lipinski definition) is 1. The molecule has 0 fully saturated rings. The lowest BCUT2D eigenvalue weighted by atomic mass is 10.0. The van der Waals surface area contributed by atoms with Crippen LogP contribution in [0.25, 0.3) is 0 Å². The van der Waals surface area contributed by atoms with Crippen LogP contribution in [0.15, 0.2) is 60.0 Å². The van der Waals surface area contributed by atoms with Crippen molar-refractivity contribution in [3.05, 3.63) is 76.0 Å². The van der Waals surface area contributed by atoms with Gasteiger partial charge in [0, 0.05) is 16.5 Å². The number of hydrogen-bond acceptors (Lipinski definition) is 5. The van der Waals surface area contributed by atoms with Crippen LogP contribution in [-0.2, 0) is 6.61 Å². The Bertz CT molecular complexity index is 809. The van der Waals surface area contributed by atoms with E-state index in [2.05, 4.69) is 0 Å². The van der Waals surface area contributed by atoms with Crippen LogP contribution in [0.3, 0.4) is 0 Å². The zero-order chi connectivity index (χ0) is 17.6. The van der Waals surface area contributed by atoms with Gasteiger partial charge in [-0.2, -0.15) is 0 Å². The molecule has 0 saturated heterocycles. The standard InChI is InChI=1S/C20H21NO3S.ClH/c1-22-17-11-15(20(21)19-9-6-10-25-19)16(12-18(17)23-2)24-13-14-7-4-3-5-8-14;/h3-12,20H,13,21H2,1-2H3;1H/t20-;/m0./s1. The van der Waals surface area contributed by atoms with Crippen LogP contribution in [0.5, 0.6) is 17.2 Å². The molecule has 3 rings (SSSR count). The van der Waals surface area contributed by atoms with E-state index in [-0.39, 0.29) is 18.4 Å². The maximum atomic E-state index is 6.48. The highest BCUT2D eigenvalue weighted by Gasteiger charge is 2.19. The van der Waals surface area contributed by atoms with Crippen LogP contribution in [-0.4, -0.2) is 14.2 Å². The van der Waals surface area contributed by atoms with Crippen LogP contribution in [0.1, 0.15) is 22.0 Å². The average molecular weight is 392 g/mol. The van der Waals surface area contributed by atoms with Crippen molar-refractivity contribution in [2.45, 2.75) is 12.6 Å². The van der Waals surface area contributed by atoms with E-state index < -0.39 is 0 Å².